The molecule has 10 heteroatoms. The van der Waals surface area contributed by atoms with E-state index in [0.29, 0.717) is 17.5 Å². The Balaban J connectivity index is 1.70. The normalized spacial score (nSPS) is 10.6. The van der Waals surface area contributed by atoms with Crippen molar-refractivity contribution in [2.24, 2.45) is 5.10 Å². The van der Waals surface area contributed by atoms with E-state index in [1.807, 2.05) is 0 Å². The zero-order valence-electron chi connectivity index (χ0n) is 14.6. The lowest BCUT2D eigenvalue weighted by Gasteiger charge is -2.05. The second-order valence-corrected chi connectivity index (χ2v) is 6.58. The van der Waals surface area contributed by atoms with Gasteiger partial charge in [0.25, 0.3) is 11.6 Å². The highest BCUT2D eigenvalue weighted by atomic mass is 79.9. The van der Waals surface area contributed by atoms with E-state index in [2.05, 4.69) is 31.8 Å². The molecule has 0 spiro atoms. The van der Waals surface area contributed by atoms with Crippen LogP contribution in [0.1, 0.15) is 28.8 Å². The maximum Gasteiger partial charge on any atom is 0.269 e. The number of aromatic hydroxyl groups is 1. The van der Waals surface area contributed by atoms with Crippen LogP contribution in [0.15, 0.2) is 52.0 Å². The van der Waals surface area contributed by atoms with Crippen molar-refractivity contribution < 1.29 is 19.6 Å². The van der Waals surface area contributed by atoms with Gasteiger partial charge in [-0.1, -0.05) is 15.9 Å². The Kier molecular flexibility index (Phi) is 7.64. The highest BCUT2D eigenvalue weighted by molar-refractivity contribution is 9.10. The van der Waals surface area contributed by atoms with Gasteiger partial charge < -0.3 is 10.4 Å². The summed E-state index contributed by atoms with van der Waals surface area (Å²) in [6, 6.07) is 10.1. The Labute approximate surface area is 168 Å². The van der Waals surface area contributed by atoms with E-state index >= 15 is 0 Å². The summed E-state index contributed by atoms with van der Waals surface area (Å²) in [6.07, 6.45) is 1.86. The van der Waals surface area contributed by atoms with E-state index in [1.54, 1.807) is 12.1 Å². The van der Waals surface area contributed by atoms with Crippen LogP contribution >= 0.6 is 15.9 Å². The molecule has 28 heavy (non-hydrogen) atoms. The van der Waals surface area contributed by atoms with Crippen LogP contribution in [0.5, 0.6) is 5.75 Å². The van der Waals surface area contributed by atoms with E-state index in [-0.39, 0.29) is 36.2 Å². The number of nitrogens with zero attached hydrogens (tertiary/aromatic N) is 2. The van der Waals surface area contributed by atoms with Crippen LogP contribution in [0.25, 0.3) is 0 Å². The van der Waals surface area contributed by atoms with Crippen molar-refractivity contribution in [3.8, 4) is 5.75 Å². The molecule has 2 aromatic rings. The molecule has 0 unspecified atom stereocenters. The molecule has 0 saturated heterocycles. The molecule has 3 N–H and O–H groups in total. The van der Waals surface area contributed by atoms with Crippen molar-refractivity contribution in [2.75, 3.05) is 6.54 Å². The number of hydrogen-bond acceptors (Lipinski definition) is 6. The van der Waals surface area contributed by atoms with Crippen LogP contribution < -0.4 is 10.7 Å². The number of nitro groups is 1. The molecule has 0 heterocycles. The summed E-state index contributed by atoms with van der Waals surface area (Å²) in [4.78, 5) is 33.7. The van der Waals surface area contributed by atoms with Gasteiger partial charge in [0.1, 0.15) is 5.75 Å². The fourth-order valence-electron chi connectivity index (χ4n) is 2.15. The lowest BCUT2D eigenvalue weighted by molar-refractivity contribution is -0.384. The van der Waals surface area contributed by atoms with Crippen molar-refractivity contribution in [1.82, 2.24) is 10.7 Å². The Morgan fingerprint density at radius 1 is 1.21 bits per heavy atom. The lowest BCUT2D eigenvalue weighted by atomic mass is 10.2. The van der Waals surface area contributed by atoms with Crippen LogP contribution in [0.2, 0.25) is 0 Å². The first-order chi connectivity index (χ1) is 13.4. The molecular formula is C18H17BrN4O5. The number of hydrogen-bond donors (Lipinski definition) is 3. The predicted molar refractivity (Wildman–Crippen MR) is 106 cm³/mol. The number of carbonyl (C=O) groups is 2. The first-order valence-corrected chi connectivity index (χ1v) is 8.99. The molecule has 0 saturated carbocycles. The van der Waals surface area contributed by atoms with E-state index in [1.165, 1.54) is 36.5 Å². The molecule has 9 nitrogen and oxygen atoms in total. The summed E-state index contributed by atoms with van der Waals surface area (Å²) in [7, 11) is 0. The highest BCUT2D eigenvalue weighted by Crippen LogP contribution is 2.19. The predicted octanol–water partition coefficient (Wildman–Crippen LogP) is 2.72. The molecule has 0 aliphatic rings. The van der Waals surface area contributed by atoms with E-state index in [0.717, 1.165) is 4.47 Å². The van der Waals surface area contributed by atoms with Crippen LogP contribution in [0, 0.1) is 10.1 Å². The molecule has 0 bridgehead atoms. The van der Waals surface area contributed by atoms with E-state index < -0.39 is 4.92 Å². The summed E-state index contributed by atoms with van der Waals surface area (Å²) < 4.78 is 0.766. The van der Waals surface area contributed by atoms with Gasteiger partial charge in [0.15, 0.2) is 0 Å². The standard InChI is InChI=1S/C18H17BrN4O5/c19-14-5-8-16(24)13(10-14)11-21-22-17(25)2-1-9-20-18(26)12-3-6-15(7-4-12)23(27)28/h3-8,10-11,24H,1-2,9H2,(H,20,26)(H,22,25). The molecule has 0 atom stereocenters. The van der Waals surface area contributed by atoms with Gasteiger partial charge in [-0.05, 0) is 36.8 Å². The minimum Gasteiger partial charge on any atom is -0.507 e. The summed E-state index contributed by atoms with van der Waals surface area (Å²) in [5.41, 5.74) is 3.00. The minimum atomic E-state index is -0.541. The first-order valence-electron chi connectivity index (χ1n) is 8.20. The van der Waals surface area contributed by atoms with Gasteiger partial charge in [-0.2, -0.15) is 5.10 Å². The number of hydrazone groups is 1. The van der Waals surface area contributed by atoms with Crippen molar-refractivity contribution in [3.63, 3.8) is 0 Å². The number of phenols is 1. The van der Waals surface area contributed by atoms with Crippen LogP contribution in [0.4, 0.5) is 5.69 Å². The summed E-state index contributed by atoms with van der Waals surface area (Å²) in [5.74, 6) is -0.677. The number of amides is 2. The molecule has 0 aliphatic carbocycles. The number of rotatable bonds is 8. The fourth-order valence-corrected chi connectivity index (χ4v) is 2.52. The lowest BCUT2D eigenvalue weighted by Crippen LogP contribution is -2.26. The summed E-state index contributed by atoms with van der Waals surface area (Å²) in [5, 5.41) is 26.7. The quantitative estimate of drug-likeness (QED) is 0.247. The van der Waals surface area contributed by atoms with Gasteiger partial charge in [-0.15, -0.1) is 0 Å². The van der Waals surface area contributed by atoms with E-state index in [4.69, 9.17) is 0 Å². The third-order valence-corrected chi connectivity index (χ3v) is 4.08. The average molecular weight is 449 g/mol. The van der Waals surface area contributed by atoms with E-state index in [9.17, 15) is 24.8 Å². The van der Waals surface area contributed by atoms with Gasteiger partial charge in [0, 0.05) is 40.7 Å². The van der Waals surface area contributed by atoms with Crippen molar-refractivity contribution >= 4 is 39.6 Å². The second kappa shape index (κ2) is 10.2. The monoisotopic (exact) mass is 448 g/mol. The van der Waals surface area contributed by atoms with Crippen molar-refractivity contribution in [3.05, 3.63) is 68.2 Å². The van der Waals surface area contributed by atoms with Crippen LogP contribution in [-0.2, 0) is 4.79 Å². The smallest absolute Gasteiger partial charge is 0.269 e. The molecule has 0 radical (unpaired) electrons. The number of nitrogens with one attached hydrogen (secondary N) is 2. The second-order valence-electron chi connectivity index (χ2n) is 5.66. The van der Waals surface area contributed by atoms with Crippen molar-refractivity contribution in [2.45, 2.75) is 12.8 Å². The third-order valence-electron chi connectivity index (χ3n) is 3.59. The topological polar surface area (TPSA) is 134 Å². The zero-order valence-corrected chi connectivity index (χ0v) is 16.2. The van der Waals surface area contributed by atoms with Gasteiger partial charge in [0.05, 0.1) is 11.1 Å². The minimum absolute atomic E-state index is 0.0372. The molecule has 2 amide bonds. The molecule has 0 aliphatic heterocycles. The maximum atomic E-state index is 11.9. The fraction of sp³-hybridized carbons (Fsp3) is 0.167. The van der Waals surface area contributed by atoms with Gasteiger partial charge in [0.2, 0.25) is 5.91 Å². The molecule has 2 aromatic carbocycles. The number of phenolic OH excluding ortho intramolecular Hbond substituents is 1. The Morgan fingerprint density at radius 3 is 2.61 bits per heavy atom. The SMILES string of the molecule is O=C(CCCNC(=O)c1ccc([N+](=O)[O-])cc1)NN=Cc1cc(Br)ccc1O. The zero-order chi connectivity index (χ0) is 20.5. The van der Waals surface area contributed by atoms with Crippen LogP contribution in [-0.4, -0.2) is 34.6 Å². The Bertz CT molecular complexity index is 899. The number of benzene rings is 2. The number of carbonyl (C=O) groups excluding carboxylic acids is 2. The number of halogens is 1. The summed E-state index contributed by atoms with van der Waals surface area (Å²) >= 11 is 3.27. The first kappa shape index (κ1) is 21.0. The largest absolute Gasteiger partial charge is 0.507 e. The molecular weight excluding hydrogens is 432 g/mol. The Hall–Kier alpha value is -3.27. The van der Waals surface area contributed by atoms with Crippen LogP contribution in [0.3, 0.4) is 0 Å². The van der Waals surface area contributed by atoms with Gasteiger partial charge in [-0.3, -0.25) is 19.7 Å². The molecule has 2 rings (SSSR count). The average Bonchev–Trinajstić information content (AvgIpc) is 2.67. The number of non-ortho nitro benzene ring substituents is 1. The maximum absolute atomic E-state index is 11.9. The molecule has 0 fully saturated rings. The van der Waals surface area contributed by atoms with Gasteiger partial charge in [-0.25, -0.2) is 5.43 Å². The molecule has 146 valence electrons. The van der Waals surface area contributed by atoms with Gasteiger partial charge >= 0.3 is 0 Å². The Morgan fingerprint density at radius 2 is 1.93 bits per heavy atom. The highest BCUT2D eigenvalue weighted by Gasteiger charge is 2.09. The molecule has 0 aromatic heterocycles. The number of nitro benzene ring substituents is 1. The summed E-state index contributed by atoms with van der Waals surface area (Å²) in [6.45, 7) is 0.263. The third kappa shape index (κ3) is 6.47. The van der Waals surface area contributed by atoms with Crippen molar-refractivity contribution in [1.29, 1.82) is 0 Å².